The number of methoxy groups -OCH3 is 1. The Bertz CT molecular complexity index is 400. The summed E-state index contributed by atoms with van der Waals surface area (Å²) in [7, 11) is 1.76. The number of nitrogens with one attached hydrogen (secondary N) is 1. The van der Waals surface area contributed by atoms with E-state index in [4.69, 9.17) is 4.74 Å². The van der Waals surface area contributed by atoms with Crippen LogP contribution in [0.25, 0.3) is 0 Å². The van der Waals surface area contributed by atoms with Crippen LogP contribution in [0.1, 0.15) is 39.2 Å². The van der Waals surface area contributed by atoms with Gasteiger partial charge in [0, 0.05) is 5.54 Å². The summed E-state index contributed by atoms with van der Waals surface area (Å²) in [6, 6.07) is 8.40. The van der Waals surface area contributed by atoms with Gasteiger partial charge in [-0.25, -0.2) is 0 Å². The molecule has 1 rings (SSSR count). The molecule has 0 saturated heterocycles. The zero-order valence-electron chi connectivity index (χ0n) is 14.2. The first-order valence-electron chi connectivity index (χ1n) is 7.82. The van der Waals surface area contributed by atoms with Crippen molar-refractivity contribution in [2.75, 3.05) is 25.7 Å². The molecule has 0 aliphatic rings. The zero-order valence-corrected chi connectivity index (χ0v) is 15.1. The fourth-order valence-electron chi connectivity index (χ4n) is 2.43. The molecule has 0 spiro atoms. The largest absolute Gasteiger partial charge is 0.496 e. The minimum Gasteiger partial charge on any atom is -0.496 e. The molecule has 1 atom stereocenters. The van der Waals surface area contributed by atoms with Crippen molar-refractivity contribution in [3.05, 3.63) is 29.8 Å². The zero-order chi connectivity index (χ0) is 15.7. The van der Waals surface area contributed by atoms with E-state index < -0.39 is 0 Å². The predicted octanol–water partition coefficient (Wildman–Crippen LogP) is 4.39. The molecule has 0 saturated carbocycles. The third kappa shape index (κ3) is 7.77. The van der Waals surface area contributed by atoms with E-state index in [0.29, 0.717) is 5.92 Å². The van der Waals surface area contributed by atoms with Gasteiger partial charge in [0.1, 0.15) is 5.75 Å². The summed E-state index contributed by atoms with van der Waals surface area (Å²) in [4.78, 5) is 0. The molecule has 0 heterocycles. The Kier molecular flexibility index (Phi) is 8.20. The summed E-state index contributed by atoms with van der Waals surface area (Å²) < 4.78 is 5.49. The molecule has 1 aromatic carbocycles. The number of benzene rings is 1. The van der Waals surface area contributed by atoms with Gasteiger partial charge in [0.05, 0.1) is 7.11 Å². The lowest BCUT2D eigenvalue weighted by Gasteiger charge is -2.26. The quantitative estimate of drug-likeness (QED) is 0.684. The number of rotatable bonds is 9. The van der Waals surface area contributed by atoms with Crippen LogP contribution >= 0.6 is 11.8 Å². The van der Waals surface area contributed by atoms with E-state index in [2.05, 4.69) is 50.5 Å². The van der Waals surface area contributed by atoms with Crippen molar-refractivity contribution in [1.29, 1.82) is 0 Å². The van der Waals surface area contributed by atoms with Crippen LogP contribution in [-0.2, 0) is 6.42 Å². The number of para-hydroxylation sites is 1. The Morgan fingerprint density at radius 1 is 1.24 bits per heavy atom. The van der Waals surface area contributed by atoms with Crippen molar-refractivity contribution in [2.45, 2.75) is 45.6 Å². The molecule has 0 amide bonds. The van der Waals surface area contributed by atoms with Crippen molar-refractivity contribution in [3.8, 4) is 5.75 Å². The van der Waals surface area contributed by atoms with Crippen molar-refractivity contribution >= 4 is 11.8 Å². The van der Waals surface area contributed by atoms with Gasteiger partial charge in [-0.2, -0.15) is 11.8 Å². The molecule has 0 aromatic heterocycles. The average Bonchev–Trinajstić information content (AvgIpc) is 2.44. The Morgan fingerprint density at radius 3 is 2.57 bits per heavy atom. The normalized spacial score (nSPS) is 13.2. The van der Waals surface area contributed by atoms with Gasteiger partial charge >= 0.3 is 0 Å². The highest BCUT2D eigenvalue weighted by Gasteiger charge is 2.16. The summed E-state index contributed by atoms with van der Waals surface area (Å²) in [6.45, 7) is 7.76. The van der Waals surface area contributed by atoms with Gasteiger partial charge in [-0.15, -0.1) is 0 Å². The molecule has 0 aliphatic heterocycles. The fourth-order valence-corrected chi connectivity index (χ4v) is 2.88. The van der Waals surface area contributed by atoms with Crippen LogP contribution in [0.4, 0.5) is 0 Å². The van der Waals surface area contributed by atoms with E-state index >= 15 is 0 Å². The van der Waals surface area contributed by atoms with Gasteiger partial charge < -0.3 is 10.1 Å². The van der Waals surface area contributed by atoms with Crippen LogP contribution in [0.2, 0.25) is 0 Å². The highest BCUT2D eigenvalue weighted by Crippen LogP contribution is 2.23. The molecule has 1 aromatic rings. The Morgan fingerprint density at radius 2 is 1.95 bits per heavy atom. The van der Waals surface area contributed by atoms with Crippen LogP contribution in [-0.4, -0.2) is 31.2 Å². The molecule has 2 nitrogen and oxygen atoms in total. The predicted molar refractivity (Wildman–Crippen MR) is 95.6 cm³/mol. The first kappa shape index (κ1) is 18.4. The maximum atomic E-state index is 5.49. The standard InChI is InChI=1S/C18H31NOS/c1-18(2,3)19-14-15(9-8-12-21-5)13-16-10-6-7-11-17(16)20-4/h6-7,10-11,15,19H,8-9,12-14H2,1-5H3. The second-order valence-electron chi connectivity index (χ2n) is 6.65. The molecule has 0 fully saturated rings. The van der Waals surface area contributed by atoms with E-state index in [1.54, 1.807) is 7.11 Å². The van der Waals surface area contributed by atoms with E-state index in [0.717, 1.165) is 18.7 Å². The average molecular weight is 310 g/mol. The Labute approximate surface area is 135 Å². The van der Waals surface area contributed by atoms with Crippen molar-refractivity contribution in [1.82, 2.24) is 5.32 Å². The maximum absolute atomic E-state index is 5.49. The topological polar surface area (TPSA) is 21.3 Å². The van der Waals surface area contributed by atoms with Crippen LogP contribution in [0.3, 0.4) is 0 Å². The summed E-state index contributed by atoms with van der Waals surface area (Å²) in [5, 5.41) is 3.66. The second kappa shape index (κ2) is 9.37. The van der Waals surface area contributed by atoms with E-state index in [1.165, 1.54) is 24.2 Å². The summed E-state index contributed by atoms with van der Waals surface area (Å²) >= 11 is 1.94. The Balaban J connectivity index is 2.66. The highest BCUT2D eigenvalue weighted by atomic mass is 32.2. The van der Waals surface area contributed by atoms with Crippen LogP contribution < -0.4 is 10.1 Å². The van der Waals surface area contributed by atoms with Crippen LogP contribution in [0, 0.1) is 5.92 Å². The van der Waals surface area contributed by atoms with Gasteiger partial charge in [0.25, 0.3) is 0 Å². The molecule has 21 heavy (non-hydrogen) atoms. The number of hydrogen-bond donors (Lipinski definition) is 1. The summed E-state index contributed by atoms with van der Waals surface area (Å²) in [5.74, 6) is 2.92. The molecule has 0 aliphatic carbocycles. The molecular weight excluding hydrogens is 278 g/mol. The summed E-state index contributed by atoms with van der Waals surface area (Å²) in [5.41, 5.74) is 1.50. The lowest BCUT2D eigenvalue weighted by molar-refractivity contribution is 0.350. The minimum atomic E-state index is 0.179. The van der Waals surface area contributed by atoms with Gasteiger partial charge in [-0.1, -0.05) is 18.2 Å². The monoisotopic (exact) mass is 309 g/mol. The molecule has 1 unspecified atom stereocenters. The van der Waals surface area contributed by atoms with Gasteiger partial charge in [0.15, 0.2) is 0 Å². The van der Waals surface area contributed by atoms with Gasteiger partial charge in [-0.05, 0) is 76.1 Å². The van der Waals surface area contributed by atoms with Crippen molar-refractivity contribution in [3.63, 3.8) is 0 Å². The smallest absolute Gasteiger partial charge is 0.122 e. The first-order valence-corrected chi connectivity index (χ1v) is 9.21. The van der Waals surface area contributed by atoms with Crippen LogP contribution in [0.5, 0.6) is 5.75 Å². The van der Waals surface area contributed by atoms with E-state index in [9.17, 15) is 0 Å². The molecular formula is C18H31NOS. The lowest BCUT2D eigenvalue weighted by Crippen LogP contribution is -2.39. The third-order valence-corrected chi connectivity index (χ3v) is 4.28. The highest BCUT2D eigenvalue weighted by molar-refractivity contribution is 7.98. The number of thioether (sulfide) groups is 1. The second-order valence-corrected chi connectivity index (χ2v) is 7.63. The number of ether oxygens (including phenoxy) is 1. The van der Waals surface area contributed by atoms with Gasteiger partial charge in [0.2, 0.25) is 0 Å². The van der Waals surface area contributed by atoms with Crippen molar-refractivity contribution < 1.29 is 4.74 Å². The minimum absolute atomic E-state index is 0.179. The maximum Gasteiger partial charge on any atom is 0.122 e. The molecule has 1 N–H and O–H groups in total. The van der Waals surface area contributed by atoms with Crippen LogP contribution in [0.15, 0.2) is 24.3 Å². The first-order chi connectivity index (χ1) is 9.96. The molecule has 120 valence electrons. The SMILES string of the molecule is COc1ccccc1CC(CCCSC)CNC(C)(C)C. The van der Waals surface area contributed by atoms with E-state index in [-0.39, 0.29) is 5.54 Å². The van der Waals surface area contributed by atoms with E-state index in [1.807, 2.05) is 17.8 Å². The molecule has 0 radical (unpaired) electrons. The fraction of sp³-hybridized carbons (Fsp3) is 0.667. The Hall–Kier alpha value is -0.670. The summed E-state index contributed by atoms with van der Waals surface area (Å²) in [6.07, 6.45) is 5.82. The lowest BCUT2D eigenvalue weighted by atomic mass is 9.93. The van der Waals surface area contributed by atoms with Crippen molar-refractivity contribution in [2.24, 2.45) is 5.92 Å². The number of hydrogen-bond acceptors (Lipinski definition) is 3. The third-order valence-electron chi connectivity index (χ3n) is 3.58. The van der Waals surface area contributed by atoms with Gasteiger partial charge in [-0.3, -0.25) is 0 Å². The molecule has 3 heteroatoms. The molecule has 0 bridgehead atoms.